The molecular weight excluding hydrogens is 276 g/mol. The van der Waals surface area contributed by atoms with Crippen LogP contribution in [0.1, 0.15) is 16.1 Å². The molecule has 2 aromatic carbocycles. The van der Waals surface area contributed by atoms with Crippen LogP contribution in [0.15, 0.2) is 65.2 Å². The standard InChI is InChI=1S/C18H14N2O2/c21-18(17-10-12-4-1-2-7-16(12)22-17)20-11-13-5-3-6-15-14(13)8-9-19-15/h1-10,19H,11H2,(H,20,21). The van der Waals surface area contributed by atoms with Gasteiger partial charge in [-0.2, -0.15) is 0 Å². The average Bonchev–Trinajstić information content (AvgIpc) is 3.18. The van der Waals surface area contributed by atoms with Crippen molar-refractivity contribution < 1.29 is 9.21 Å². The van der Waals surface area contributed by atoms with E-state index in [0.29, 0.717) is 12.3 Å². The quantitative estimate of drug-likeness (QED) is 0.602. The van der Waals surface area contributed by atoms with Gasteiger partial charge < -0.3 is 14.7 Å². The van der Waals surface area contributed by atoms with Gasteiger partial charge in [0, 0.05) is 29.0 Å². The lowest BCUT2D eigenvalue weighted by molar-refractivity contribution is 0.0925. The number of benzene rings is 2. The first-order valence-electron chi connectivity index (χ1n) is 7.13. The van der Waals surface area contributed by atoms with Crippen molar-refractivity contribution in [3.05, 3.63) is 72.1 Å². The van der Waals surface area contributed by atoms with Crippen LogP contribution in [0.3, 0.4) is 0 Å². The summed E-state index contributed by atoms with van der Waals surface area (Å²) >= 11 is 0. The zero-order valence-corrected chi connectivity index (χ0v) is 11.8. The maximum Gasteiger partial charge on any atom is 0.287 e. The summed E-state index contributed by atoms with van der Waals surface area (Å²) in [4.78, 5) is 15.4. The van der Waals surface area contributed by atoms with Crippen LogP contribution in [0.2, 0.25) is 0 Å². The molecular formula is C18H14N2O2. The van der Waals surface area contributed by atoms with E-state index in [1.807, 2.05) is 54.7 Å². The van der Waals surface area contributed by atoms with E-state index >= 15 is 0 Å². The largest absolute Gasteiger partial charge is 0.451 e. The van der Waals surface area contributed by atoms with Gasteiger partial charge in [0.2, 0.25) is 0 Å². The molecule has 0 aliphatic carbocycles. The zero-order chi connectivity index (χ0) is 14.9. The molecule has 2 N–H and O–H groups in total. The fraction of sp³-hybridized carbons (Fsp3) is 0.0556. The molecule has 0 atom stereocenters. The van der Waals surface area contributed by atoms with E-state index in [-0.39, 0.29) is 5.91 Å². The van der Waals surface area contributed by atoms with Gasteiger partial charge in [-0.25, -0.2) is 0 Å². The molecule has 108 valence electrons. The van der Waals surface area contributed by atoms with E-state index in [9.17, 15) is 4.79 Å². The third-order valence-corrected chi connectivity index (χ3v) is 3.77. The molecule has 0 bridgehead atoms. The first-order chi connectivity index (χ1) is 10.8. The zero-order valence-electron chi connectivity index (χ0n) is 11.8. The fourth-order valence-corrected chi connectivity index (χ4v) is 2.66. The van der Waals surface area contributed by atoms with Gasteiger partial charge in [-0.05, 0) is 29.8 Å². The Labute approximate surface area is 126 Å². The van der Waals surface area contributed by atoms with Crippen molar-refractivity contribution in [3.8, 4) is 0 Å². The smallest absolute Gasteiger partial charge is 0.287 e. The van der Waals surface area contributed by atoms with Crippen LogP contribution in [-0.4, -0.2) is 10.9 Å². The SMILES string of the molecule is O=C(NCc1cccc2[nH]ccc12)c1cc2ccccc2o1. The second-order valence-corrected chi connectivity index (χ2v) is 5.19. The van der Waals surface area contributed by atoms with Gasteiger partial charge in [-0.15, -0.1) is 0 Å². The van der Waals surface area contributed by atoms with Gasteiger partial charge in [-0.3, -0.25) is 4.79 Å². The predicted molar refractivity (Wildman–Crippen MR) is 85.7 cm³/mol. The Morgan fingerprint density at radius 2 is 2.00 bits per heavy atom. The van der Waals surface area contributed by atoms with Crippen molar-refractivity contribution >= 4 is 27.8 Å². The molecule has 4 aromatic rings. The molecule has 22 heavy (non-hydrogen) atoms. The highest BCUT2D eigenvalue weighted by atomic mass is 16.3. The third kappa shape index (κ3) is 2.15. The first kappa shape index (κ1) is 12.7. The van der Waals surface area contributed by atoms with Gasteiger partial charge in [0.25, 0.3) is 5.91 Å². The van der Waals surface area contributed by atoms with Crippen molar-refractivity contribution in [2.75, 3.05) is 0 Å². The van der Waals surface area contributed by atoms with Crippen molar-refractivity contribution in [2.45, 2.75) is 6.54 Å². The number of aromatic amines is 1. The van der Waals surface area contributed by atoms with Crippen LogP contribution < -0.4 is 5.32 Å². The summed E-state index contributed by atoms with van der Waals surface area (Å²) in [7, 11) is 0. The van der Waals surface area contributed by atoms with Crippen LogP contribution >= 0.6 is 0 Å². The normalized spacial score (nSPS) is 11.1. The Morgan fingerprint density at radius 1 is 1.09 bits per heavy atom. The molecule has 2 heterocycles. The molecule has 4 heteroatoms. The number of aromatic nitrogens is 1. The summed E-state index contributed by atoms with van der Waals surface area (Å²) in [5.74, 6) is 0.131. The number of hydrogen-bond acceptors (Lipinski definition) is 2. The Morgan fingerprint density at radius 3 is 2.91 bits per heavy atom. The van der Waals surface area contributed by atoms with Gasteiger partial charge in [-0.1, -0.05) is 30.3 Å². The lowest BCUT2D eigenvalue weighted by atomic mass is 10.1. The number of amides is 1. The number of nitrogens with one attached hydrogen (secondary N) is 2. The summed E-state index contributed by atoms with van der Waals surface area (Å²) < 4.78 is 5.57. The van der Waals surface area contributed by atoms with Crippen molar-refractivity contribution in [1.82, 2.24) is 10.3 Å². The number of carbonyl (C=O) groups is 1. The molecule has 0 radical (unpaired) electrons. The lowest BCUT2D eigenvalue weighted by Crippen LogP contribution is -2.22. The molecule has 0 saturated heterocycles. The van der Waals surface area contributed by atoms with Crippen LogP contribution in [0, 0.1) is 0 Å². The summed E-state index contributed by atoms with van der Waals surface area (Å²) in [5.41, 5.74) is 2.86. The Hall–Kier alpha value is -3.01. The van der Waals surface area contributed by atoms with E-state index in [4.69, 9.17) is 4.42 Å². The van der Waals surface area contributed by atoms with Crippen LogP contribution in [0.4, 0.5) is 0 Å². The average molecular weight is 290 g/mol. The van der Waals surface area contributed by atoms with Gasteiger partial charge >= 0.3 is 0 Å². The monoisotopic (exact) mass is 290 g/mol. The van der Waals surface area contributed by atoms with Crippen LogP contribution in [0.25, 0.3) is 21.9 Å². The molecule has 0 aliphatic rings. The minimum absolute atomic E-state index is 0.205. The van der Waals surface area contributed by atoms with Gasteiger partial charge in [0.1, 0.15) is 5.58 Å². The summed E-state index contributed by atoms with van der Waals surface area (Å²) in [5, 5.41) is 4.96. The van der Waals surface area contributed by atoms with Crippen molar-refractivity contribution in [1.29, 1.82) is 0 Å². The number of H-pyrrole nitrogens is 1. The first-order valence-corrected chi connectivity index (χ1v) is 7.13. The van der Waals surface area contributed by atoms with E-state index < -0.39 is 0 Å². The fourth-order valence-electron chi connectivity index (χ4n) is 2.66. The predicted octanol–water partition coefficient (Wildman–Crippen LogP) is 3.84. The number of rotatable bonds is 3. The molecule has 0 aliphatic heterocycles. The third-order valence-electron chi connectivity index (χ3n) is 3.77. The van der Waals surface area contributed by atoms with Gasteiger partial charge in [0.05, 0.1) is 0 Å². The maximum atomic E-state index is 12.2. The molecule has 1 amide bonds. The number of fused-ring (bicyclic) bond motifs is 2. The molecule has 0 saturated carbocycles. The molecule has 4 nitrogen and oxygen atoms in total. The number of hydrogen-bond donors (Lipinski definition) is 2. The molecule has 0 unspecified atom stereocenters. The minimum Gasteiger partial charge on any atom is -0.451 e. The highest BCUT2D eigenvalue weighted by Crippen LogP contribution is 2.20. The van der Waals surface area contributed by atoms with Crippen LogP contribution in [-0.2, 0) is 6.54 Å². The number of para-hydroxylation sites is 1. The Balaban J connectivity index is 1.56. The molecule has 0 fully saturated rings. The van der Waals surface area contributed by atoms with E-state index in [1.165, 1.54) is 0 Å². The van der Waals surface area contributed by atoms with Crippen molar-refractivity contribution in [3.63, 3.8) is 0 Å². The van der Waals surface area contributed by atoms with E-state index in [2.05, 4.69) is 10.3 Å². The topological polar surface area (TPSA) is 58.0 Å². The summed E-state index contributed by atoms with van der Waals surface area (Å²) in [6, 6.07) is 17.4. The lowest BCUT2D eigenvalue weighted by Gasteiger charge is -2.05. The minimum atomic E-state index is -0.205. The van der Waals surface area contributed by atoms with E-state index in [0.717, 1.165) is 27.4 Å². The Kier molecular flexibility index (Phi) is 2.93. The van der Waals surface area contributed by atoms with Crippen molar-refractivity contribution in [2.24, 2.45) is 0 Å². The Bertz CT molecular complexity index is 932. The molecule has 4 rings (SSSR count). The molecule has 0 spiro atoms. The highest BCUT2D eigenvalue weighted by molar-refractivity contribution is 5.96. The second kappa shape index (κ2) is 5.07. The second-order valence-electron chi connectivity index (χ2n) is 5.19. The van der Waals surface area contributed by atoms with Gasteiger partial charge in [0.15, 0.2) is 5.76 Å². The van der Waals surface area contributed by atoms with E-state index in [1.54, 1.807) is 6.07 Å². The summed E-state index contributed by atoms with van der Waals surface area (Å²) in [6.07, 6.45) is 1.90. The molecule has 2 aromatic heterocycles. The maximum absolute atomic E-state index is 12.2. The number of carbonyl (C=O) groups excluding carboxylic acids is 1. The highest BCUT2D eigenvalue weighted by Gasteiger charge is 2.12. The number of furan rings is 1. The summed E-state index contributed by atoms with van der Waals surface area (Å²) in [6.45, 7) is 0.463. The van der Waals surface area contributed by atoms with Crippen LogP contribution in [0.5, 0.6) is 0 Å².